The number of nitrogens with zero attached hydrogens (tertiary/aromatic N) is 3. The number of fused-ring (bicyclic) bond motifs is 1. The molecular weight excluding hydrogens is 382 g/mol. The number of thioether (sulfide) groups is 1. The third kappa shape index (κ3) is 4.55. The highest BCUT2D eigenvalue weighted by molar-refractivity contribution is 8.00. The summed E-state index contributed by atoms with van der Waals surface area (Å²) in [4.78, 5) is 32.3. The van der Waals surface area contributed by atoms with Gasteiger partial charge in [0.1, 0.15) is 0 Å². The normalized spacial score (nSPS) is 16.1. The molecule has 0 spiro atoms. The Morgan fingerprint density at radius 3 is 2.70 bits per heavy atom. The quantitative estimate of drug-likeness (QED) is 0.426. The zero-order valence-electron chi connectivity index (χ0n) is 15.5. The van der Waals surface area contributed by atoms with Crippen molar-refractivity contribution in [2.75, 3.05) is 13.1 Å². The summed E-state index contributed by atoms with van der Waals surface area (Å²) in [5, 5.41) is 1.19. The molecule has 1 saturated heterocycles. The Hall–Kier alpha value is -1.79. The molecule has 1 aromatic carbocycles. The number of hydrogen-bond donors (Lipinski definition) is 0. The summed E-state index contributed by atoms with van der Waals surface area (Å²) in [5.74, 6) is 0.109. The predicted octanol–water partition coefficient (Wildman–Crippen LogP) is 4.12. The fourth-order valence-electron chi connectivity index (χ4n) is 3.31. The van der Waals surface area contributed by atoms with Crippen molar-refractivity contribution in [2.24, 2.45) is 0 Å². The van der Waals surface area contributed by atoms with Gasteiger partial charge in [0, 0.05) is 24.7 Å². The second-order valence-electron chi connectivity index (χ2n) is 6.76. The molecule has 3 rings (SSSR count). The Labute approximate surface area is 168 Å². The number of aromatic nitrogens is 2. The predicted molar refractivity (Wildman–Crippen MR) is 112 cm³/mol. The van der Waals surface area contributed by atoms with Gasteiger partial charge >= 0.3 is 0 Å². The molecule has 1 aliphatic rings. The summed E-state index contributed by atoms with van der Waals surface area (Å²) < 4.78 is 1.56. The average Bonchev–Trinajstić information content (AvgIpc) is 2.94. The van der Waals surface area contributed by atoms with Gasteiger partial charge in [-0.05, 0) is 38.0 Å². The lowest BCUT2D eigenvalue weighted by atomic mass is 10.2. The number of carbonyl (C=O) groups is 1. The molecule has 0 radical (unpaired) electrons. The summed E-state index contributed by atoms with van der Waals surface area (Å²) >= 11 is 7.37. The monoisotopic (exact) mass is 405 g/mol. The van der Waals surface area contributed by atoms with E-state index in [0.29, 0.717) is 27.6 Å². The third-order valence-corrected chi connectivity index (χ3v) is 6.05. The number of amides is 1. The first-order chi connectivity index (χ1) is 13.0. The highest BCUT2D eigenvalue weighted by Gasteiger charge is 2.24. The van der Waals surface area contributed by atoms with Crippen molar-refractivity contribution in [2.45, 2.75) is 49.6 Å². The molecule has 5 nitrogen and oxygen atoms in total. The van der Waals surface area contributed by atoms with Crippen LogP contribution < -0.4 is 5.56 Å². The van der Waals surface area contributed by atoms with Crippen LogP contribution in [0.25, 0.3) is 10.9 Å². The topological polar surface area (TPSA) is 55.2 Å². The van der Waals surface area contributed by atoms with E-state index in [2.05, 4.69) is 11.6 Å². The molecule has 0 saturated carbocycles. The van der Waals surface area contributed by atoms with Crippen LogP contribution in [0, 0.1) is 0 Å². The van der Waals surface area contributed by atoms with Gasteiger partial charge in [-0.2, -0.15) is 0 Å². The van der Waals surface area contributed by atoms with E-state index in [0.717, 1.165) is 25.9 Å². The van der Waals surface area contributed by atoms with Crippen LogP contribution >= 0.6 is 23.4 Å². The Bertz CT molecular complexity index is 904. The second kappa shape index (κ2) is 8.93. The summed E-state index contributed by atoms with van der Waals surface area (Å²) in [7, 11) is 0. The van der Waals surface area contributed by atoms with Crippen LogP contribution in [0.1, 0.15) is 32.6 Å². The van der Waals surface area contributed by atoms with Crippen LogP contribution in [0.4, 0.5) is 0 Å². The number of benzene rings is 1. The van der Waals surface area contributed by atoms with E-state index in [-0.39, 0.29) is 16.7 Å². The highest BCUT2D eigenvalue weighted by atomic mass is 35.5. The van der Waals surface area contributed by atoms with Crippen molar-refractivity contribution in [3.63, 3.8) is 0 Å². The molecule has 27 heavy (non-hydrogen) atoms. The molecule has 0 aliphatic carbocycles. The van der Waals surface area contributed by atoms with Gasteiger partial charge in [-0.3, -0.25) is 14.2 Å². The number of likely N-dealkylation sites (tertiary alicyclic amines) is 1. The van der Waals surface area contributed by atoms with Gasteiger partial charge in [-0.15, -0.1) is 6.58 Å². The summed E-state index contributed by atoms with van der Waals surface area (Å²) in [6.07, 6.45) is 6.13. The van der Waals surface area contributed by atoms with Crippen molar-refractivity contribution in [1.82, 2.24) is 14.5 Å². The van der Waals surface area contributed by atoms with E-state index in [1.165, 1.54) is 24.6 Å². The lowest BCUT2D eigenvalue weighted by Crippen LogP contribution is -2.37. The van der Waals surface area contributed by atoms with E-state index in [4.69, 9.17) is 11.6 Å². The van der Waals surface area contributed by atoms with Gasteiger partial charge < -0.3 is 4.90 Å². The van der Waals surface area contributed by atoms with Crippen molar-refractivity contribution in [1.29, 1.82) is 0 Å². The van der Waals surface area contributed by atoms with Crippen LogP contribution in [-0.4, -0.2) is 38.7 Å². The molecule has 0 N–H and O–H groups in total. The molecular formula is C20H24ClN3O2S. The van der Waals surface area contributed by atoms with Gasteiger partial charge in [0.25, 0.3) is 5.56 Å². The van der Waals surface area contributed by atoms with Crippen molar-refractivity contribution >= 4 is 40.2 Å². The van der Waals surface area contributed by atoms with Crippen LogP contribution in [0.2, 0.25) is 5.02 Å². The Balaban J connectivity index is 1.91. The number of halogens is 1. The van der Waals surface area contributed by atoms with Crippen molar-refractivity contribution < 1.29 is 4.79 Å². The fourth-order valence-corrected chi connectivity index (χ4v) is 4.48. The van der Waals surface area contributed by atoms with Gasteiger partial charge in [-0.25, -0.2) is 4.98 Å². The fraction of sp³-hybridized carbons (Fsp3) is 0.450. The van der Waals surface area contributed by atoms with Crippen LogP contribution in [0.5, 0.6) is 0 Å². The zero-order chi connectivity index (χ0) is 19.4. The maximum atomic E-state index is 12.9. The first-order valence-corrected chi connectivity index (χ1v) is 10.5. The van der Waals surface area contributed by atoms with E-state index >= 15 is 0 Å². The molecule has 1 fully saturated rings. The van der Waals surface area contributed by atoms with Crippen molar-refractivity contribution in [3.05, 3.63) is 46.2 Å². The molecule has 2 heterocycles. The van der Waals surface area contributed by atoms with E-state index in [1.807, 2.05) is 11.8 Å². The maximum absolute atomic E-state index is 12.9. The molecule has 0 bridgehead atoms. The van der Waals surface area contributed by atoms with Crippen molar-refractivity contribution in [3.8, 4) is 0 Å². The molecule has 1 aliphatic heterocycles. The maximum Gasteiger partial charge on any atom is 0.262 e. The standard InChI is InChI=1S/C20H24ClN3O2S/c1-3-10-24-19(26)16-13-15(21)8-9-17(16)22-20(24)27-14(2)18(25)23-11-6-4-5-7-12-23/h3,8-9,13-14H,1,4-7,10-12H2,2H3/t14-/m0/s1. The number of allylic oxidation sites excluding steroid dienone is 1. The number of rotatable bonds is 5. The minimum absolute atomic E-state index is 0.109. The third-order valence-electron chi connectivity index (χ3n) is 4.74. The minimum atomic E-state index is -0.309. The molecule has 1 atom stereocenters. The van der Waals surface area contributed by atoms with E-state index < -0.39 is 0 Å². The lowest BCUT2D eigenvalue weighted by molar-refractivity contribution is -0.130. The molecule has 7 heteroatoms. The van der Waals surface area contributed by atoms with E-state index in [9.17, 15) is 9.59 Å². The van der Waals surface area contributed by atoms with Gasteiger partial charge in [0.15, 0.2) is 5.16 Å². The minimum Gasteiger partial charge on any atom is -0.342 e. The Morgan fingerprint density at radius 2 is 2.04 bits per heavy atom. The zero-order valence-corrected chi connectivity index (χ0v) is 17.1. The molecule has 2 aromatic rings. The van der Waals surface area contributed by atoms with Gasteiger partial charge in [-0.1, -0.05) is 42.3 Å². The second-order valence-corrected chi connectivity index (χ2v) is 8.50. The van der Waals surface area contributed by atoms with Crippen LogP contribution in [0.15, 0.2) is 40.8 Å². The SMILES string of the molecule is C=CCn1c(S[C@@H](C)C(=O)N2CCCCCC2)nc2ccc(Cl)cc2c1=O. The number of hydrogen-bond acceptors (Lipinski definition) is 4. The molecule has 144 valence electrons. The largest absolute Gasteiger partial charge is 0.342 e. The first kappa shape index (κ1) is 20.0. The lowest BCUT2D eigenvalue weighted by Gasteiger charge is -2.24. The summed E-state index contributed by atoms with van der Waals surface area (Å²) in [6, 6.07) is 5.09. The highest BCUT2D eigenvalue weighted by Crippen LogP contribution is 2.25. The smallest absolute Gasteiger partial charge is 0.262 e. The summed E-state index contributed by atoms with van der Waals surface area (Å²) in [5.41, 5.74) is 0.418. The first-order valence-electron chi connectivity index (χ1n) is 9.27. The number of carbonyl (C=O) groups excluding carboxylic acids is 1. The van der Waals surface area contributed by atoms with Gasteiger partial charge in [0.05, 0.1) is 16.2 Å². The molecule has 1 aromatic heterocycles. The van der Waals surface area contributed by atoms with E-state index in [1.54, 1.807) is 28.8 Å². The van der Waals surface area contributed by atoms with Crippen LogP contribution in [0.3, 0.4) is 0 Å². The van der Waals surface area contributed by atoms with Gasteiger partial charge in [0.2, 0.25) is 5.91 Å². The summed E-state index contributed by atoms with van der Waals surface area (Å²) in [6.45, 7) is 7.58. The average molecular weight is 406 g/mol. The van der Waals surface area contributed by atoms with Crippen LogP contribution in [-0.2, 0) is 11.3 Å². The molecule has 1 amide bonds. The molecule has 0 unspecified atom stereocenters. The Morgan fingerprint density at radius 1 is 1.33 bits per heavy atom. The Kier molecular flexibility index (Phi) is 6.60.